The van der Waals surface area contributed by atoms with Gasteiger partial charge in [-0.25, -0.2) is 0 Å². The molecule has 1 rings (SSSR count). The van der Waals surface area contributed by atoms with Crippen molar-refractivity contribution in [1.29, 1.82) is 0 Å². The van der Waals surface area contributed by atoms with Gasteiger partial charge in [0.25, 0.3) is 0 Å². The molecule has 0 N–H and O–H groups in total. The molecule has 0 bridgehead atoms. The molecule has 0 atom stereocenters. The molecule has 0 fully saturated rings. The number of hydrogen-bond acceptors (Lipinski definition) is 1. The van der Waals surface area contributed by atoms with Crippen LogP contribution in [0.15, 0.2) is 12.7 Å². The van der Waals surface area contributed by atoms with E-state index in [1.807, 2.05) is 0 Å². The molecule has 0 saturated carbocycles. The third kappa shape index (κ3) is 1.78. The topological polar surface area (TPSA) is 0 Å². The Labute approximate surface area is 93.3 Å². The Hall–Kier alpha value is 1.43. The highest BCUT2D eigenvalue weighted by Gasteiger charge is 2.10. The summed E-state index contributed by atoms with van der Waals surface area (Å²) in [7, 11) is 0. The Morgan fingerprint density at radius 1 is 1.20 bits per heavy atom. The van der Waals surface area contributed by atoms with E-state index >= 15 is 0 Å². The zero-order valence-corrected chi connectivity index (χ0v) is 11.0. The summed E-state index contributed by atoms with van der Waals surface area (Å²) in [6.45, 7) is 0. The zero-order valence-electron chi connectivity index (χ0n) is 4.63. The maximum absolute atomic E-state index is 5.66. The Bertz CT molecular complexity index is 245. The number of alkyl halides is 1. The van der Waals surface area contributed by atoms with Crippen molar-refractivity contribution < 1.29 is 0 Å². The lowest BCUT2D eigenvalue weighted by molar-refractivity contribution is 1.48. The van der Waals surface area contributed by atoms with Crippen molar-refractivity contribution in [3.63, 3.8) is 0 Å². The molecule has 0 aliphatic heterocycles. The average Bonchev–Trinajstić information content (AvgIpc) is 2.17. The van der Waals surface area contributed by atoms with Crippen LogP contribution in [0, 0.1) is 0 Å². The van der Waals surface area contributed by atoms with Gasteiger partial charge < -0.3 is 0 Å². The van der Waals surface area contributed by atoms with Gasteiger partial charge in [0, 0.05) is 9.35 Å². The molecule has 0 radical (unpaired) electrons. The van der Waals surface area contributed by atoms with Crippen molar-refractivity contribution in [2.75, 3.05) is 0 Å². The maximum Gasteiger partial charge on any atom is 0.0855 e. The predicted molar refractivity (Wildman–Crippen MR) is 57.0 cm³/mol. The van der Waals surface area contributed by atoms with Crippen LogP contribution in [0.5, 0.6) is 0 Å². The first kappa shape index (κ1) is 9.52. The fourth-order valence-corrected chi connectivity index (χ4v) is 3.98. The smallest absolute Gasteiger partial charge is 0.0855 e. The van der Waals surface area contributed by atoms with Gasteiger partial charge in [-0.05, 0) is 47.8 Å². The monoisotopic (exact) mass is 366 g/mol. The maximum atomic E-state index is 5.66. The number of hydrogen-bond donors (Lipinski definition) is 0. The van der Waals surface area contributed by atoms with Crippen molar-refractivity contribution in [2.24, 2.45) is 0 Å². The van der Waals surface area contributed by atoms with Crippen LogP contribution in [0.1, 0.15) is 4.88 Å². The minimum absolute atomic E-state index is 0.551. The summed E-state index contributed by atoms with van der Waals surface area (Å²) in [6, 6.07) is 0. The van der Waals surface area contributed by atoms with E-state index in [2.05, 4.69) is 47.8 Å². The van der Waals surface area contributed by atoms with Gasteiger partial charge in [-0.3, -0.25) is 0 Å². The van der Waals surface area contributed by atoms with Gasteiger partial charge in [0.05, 0.1) is 14.1 Å². The quantitative estimate of drug-likeness (QED) is 0.626. The summed E-state index contributed by atoms with van der Waals surface area (Å²) < 4.78 is 3.18. The van der Waals surface area contributed by atoms with Crippen LogP contribution < -0.4 is 0 Å². The van der Waals surface area contributed by atoms with Gasteiger partial charge in [-0.15, -0.1) is 22.9 Å². The first-order valence-corrected chi connectivity index (χ1v) is 6.08. The fourth-order valence-electron chi connectivity index (χ4n) is 0.492. The second-order valence-electron chi connectivity index (χ2n) is 1.56. The van der Waals surface area contributed by atoms with Crippen molar-refractivity contribution in [2.45, 2.75) is 5.88 Å². The Morgan fingerprint density at radius 2 is 1.80 bits per heavy atom. The van der Waals surface area contributed by atoms with Crippen LogP contribution in [0.2, 0.25) is 0 Å². The molecule has 1 aromatic heterocycles. The normalized spacial score (nSPS) is 10.4. The summed E-state index contributed by atoms with van der Waals surface area (Å²) in [5.41, 5.74) is 0. The van der Waals surface area contributed by atoms with Crippen LogP contribution in [0.25, 0.3) is 0 Å². The second kappa shape index (κ2) is 3.90. The minimum Gasteiger partial charge on any atom is -0.130 e. The summed E-state index contributed by atoms with van der Waals surface area (Å²) in [5.74, 6) is 0.551. The van der Waals surface area contributed by atoms with Gasteiger partial charge in [0.15, 0.2) is 0 Å². The molecule has 0 aliphatic rings. The predicted octanol–water partition coefficient (Wildman–Crippen LogP) is 4.77. The highest BCUT2D eigenvalue weighted by Crippen LogP contribution is 2.41. The number of thiophene rings is 1. The molecule has 1 heterocycles. The molecule has 0 aromatic carbocycles. The van der Waals surface area contributed by atoms with Gasteiger partial charge in [0.2, 0.25) is 0 Å². The standard InChI is InChI=1S/C5H2Br3ClS/c6-3-2(1-9)10-5(8)4(3)7/h1H2. The van der Waals surface area contributed by atoms with Crippen LogP contribution in [0.4, 0.5) is 0 Å². The van der Waals surface area contributed by atoms with E-state index in [0.29, 0.717) is 5.88 Å². The minimum atomic E-state index is 0.551. The fraction of sp³-hybridized carbons (Fsp3) is 0.200. The summed E-state index contributed by atoms with van der Waals surface area (Å²) in [5, 5.41) is 0. The molecule has 0 nitrogen and oxygen atoms in total. The highest BCUT2D eigenvalue weighted by atomic mass is 79.9. The van der Waals surface area contributed by atoms with Crippen LogP contribution in [-0.4, -0.2) is 0 Å². The second-order valence-corrected chi connectivity index (χ2v) is 5.84. The summed E-state index contributed by atoms with van der Waals surface area (Å²) in [6.07, 6.45) is 0. The molecular formula is C5H2Br3ClS. The molecule has 0 saturated heterocycles. The number of halogens is 4. The molecule has 1 aromatic rings. The molecule has 0 amide bonds. The summed E-state index contributed by atoms with van der Waals surface area (Å²) in [4.78, 5) is 1.14. The first-order valence-electron chi connectivity index (χ1n) is 2.35. The van der Waals surface area contributed by atoms with Crippen LogP contribution >= 0.6 is 70.7 Å². The highest BCUT2D eigenvalue weighted by molar-refractivity contribution is 9.14. The van der Waals surface area contributed by atoms with Gasteiger partial charge >= 0.3 is 0 Å². The van der Waals surface area contributed by atoms with E-state index in [9.17, 15) is 0 Å². The van der Waals surface area contributed by atoms with E-state index in [4.69, 9.17) is 11.6 Å². The van der Waals surface area contributed by atoms with Crippen LogP contribution in [0.3, 0.4) is 0 Å². The van der Waals surface area contributed by atoms with Gasteiger partial charge in [0.1, 0.15) is 0 Å². The van der Waals surface area contributed by atoms with Crippen molar-refractivity contribution in [3.05, 3.63) is 17.6 Å². The molecule has 56 valence electrons. The molecule has 5 heteroatoms. The Balaban J connectivity index is 3.17. The van der Waals surface area contributed by atoms with Crippen LogP contribution in [-0.2, 0) is 5.88 Å². The van der Waals surface area contributed by atoms with E-state index in [-0.39, 0.29) is 0 Å². The zero-order chi connectivity index (χ0) is 7.72. The number of rotatable bonds is 1. The Morgan fingerprint density at radius 3 is 2.00 bits per heavy atom. The van der Waals surface area contributed by atoms with Gasteiger partial charge in [-0.1, -0.05) is 0 Å². The molecule has 0 spiro atoms. The van der Waals surface area contributed by atoms with Crippen molar-refractivity contribution in [1.82, 2.24) is 0 Å². The Kier molecular flexibility index (Phi) is 3.71. The largest absolute Gasteiger partial charge is 0.130 e. The van der Waals surface area contributed by atoms with E-state index < -0.39 is 0 Å². The molecular weight excluding hydrogens is 367 g/mol. The molecule has 0 aliphatic carbocycles. The van der Waals surface area contributed by atoms with Crippen molar-refractivity contribution >= 4 is 70.7 Å². The third-order valence-corrected chi connectivity index (χ3v) is 6.49. The molecule has 0 unspecified atom stereocenters. The van der Waals surface area contributed by atoms with E-state index in [0.717, 1.165) is 17.6 Å². The van der Waals surface area contributed by atoms with Gasteiger partial charge in [-0.2, -0.15) is 0 Å². The molecule has 10 heavy (non-hydrogen) atoms. The lowest BCUT2D eigenvalue weighted by atomic mass is 10.5. The van der Waals surface area contributed by atoms with E-state index in [1.165, 1.54) is 0 Å². The lowest BCUT2D eigenvalue weighted by Crippen LogP contribution is -1.67. The van der Waals surface area contributed by atoms with E-state index in [1.54, 1.807) is 11.3 Å². The van der Waals surface area contributed by atoms with Crippen molar-refractivity contribution in [3.8, 4) is 0 Å². The summed E-state index contributed by atoms with van der Waals surface area (Å²) >= 11 is 17.5. The average molecular weight is 369 g/mol. The SMILES string of the molecule is ClCc1sc(Br)c(Br)c1Br. The third-order valence-electron chi connectivity index (χ3n) is 0.944. The lowest BCUT2D eigenvalue weighted by Gasteiger charge is -1.86. The first-order chi connectivity index (χ1) is 4.66.